The third-order valence-corrected chi connectivity index (χ3v) is 2.26. The summed E-state index contributed by atoms with van der Waals surface area (Å²) in [6, 6.07) is 0. The minimum absolute atomic E-state index is 0.575. The van der Waals surface area contributed by atoms with E-state index in [1.807, 2.05) is 18.5 Å². The molecule has 0 fully saturated rings. The maximum absolute atomic E-state index is 5.11. The molecular weight excluding hydrogens is 184 g/mol. The molecule has 2 aromatic rings. The standard InChI is InChI=1S/C8H10N4S/c1-3-5-10-7-6(8(13)11-5)9-4-12(7)2/h4H,3H2,1-2H3,(H,10,11,13). The highest BCUT2D eigenvalue weighted by Gasteiger charge is 2.03. The van der Waals surface area contributed by atoms with E-state index in [0.29, 0.717) is 4.64 Å². The number of hydrogen-bond donors (Lipinski definition) is 1. The quantitative estimate of drug-likeness (QED) is 0.701. The fourth-order valence-corrected chi connectivity index (χ4v) is 1.50. The van der Waals surface area contributed by atoms with Crippen LogP contribution in [0.4, 0.5) is 0 Å². The van der Waals surface area contributed by atoms with Crippen molar-refractivity contribution in [3.05, 3.63) is 16.8 Å². The molecule has 0 saturated carbocycles. The van der Waals surface area contributed by atoms with E-state index in [1.54, 1.807) is 6.33 Å². The Kier molecular flexibility index (Phi) is 1.88. The van der Waals surface area contributed by atoms with Crippen LogP contribution in [0.5, 0.6) is 0 Å². The minimum atomic E-state index is 0.575. The summed E-state index contributed by atoms with van der Waals surface area (Å²) in [5.41, 5.74) is 1.71. The van der Waals surface area contributed by atoms with Crippen LogP contribution in [0.2, 0.25) is 0 Å². The fraction of sp³-hybridized carbons (Fsp3) is 0.375. The molecule has 0 aliphatic carbocycles. The van der Waals surface area contributed by atoms with Crippen LogP contribution in [0.3, 0.4) is 0 Å². The Balaban J connectivity index is 2.88. The third-order valence-electron chi connectivity index (χ3n) is 1.97. The highest BCUT2D eigenvalue weighted by molar-refractivity contribution is 7.71. The van der Waals surface area contributed by atoms with Gasteiger partial charge >= 0.3 is 0 Å². The van der Waals surface area contributed by atoms with E-state index in [0.717, 1.165) is 23.4 Å². The molecule has 0 saturated heterocycles. The first-order valence-corrected chi connectivity index (χ1v) is 4.53. The molecule has 1 N–H and O–H groups in total. The number of rotatable bonds is 1. The molecule has 0 spiro atoms. The molecule has 5 heteroatoms. The van der Waals surface area contributed by atoms with Crippen LogP contribution in [-0.2, 0) is 13.5 Å². The minimum Gasteiger partial charge on any atom is -0.328 e. The second kappa shape index (κ2) is 2.92. The number of aryl methyl sites for hydroxylation is 2. The van der Waals surface area contributed by atoms with Crippen molar-refractivity contribution in [2.45, 2.75) is 13.3 Å². The van der Waals surface area contributed by atoms with Gasteiger partial charge in [0.2, 0.25) is 0 Å². The Hall–Kier alpha value is -1.23. The number of nitrogens with zero attached hydrogens (tertiary/aromatic N) is 3. The molecule has 0 aliphatic rings. The van der Waals surface area contributed by atoms with Gasteiger partial charge in [-0.25, -0.2) is 9.97 Å². The predicted molar refractivity (Wildman–Crippen MR) is 53.1 cm³/mol. The normalized spacial score (nSPS) is 10.9. The number of aromatic nitrogens is 4. The zero-order chi connectivity index (χ0) is 9.42. The Morgan fingerprint density at radius 1 is 1.62 bits per heavy atom. The van der Waals surface area contributed by atoms with E-state index in [-0.39, 0.29) is 0 Å². The van der Waals surface area contributed by atoms with Gasteiger partial charge in [0.25, 0.3) is 0 Å². The monoisotopic (exact) mass is 194 g/mol. The number of H-pyrrole nitrogens is 1. The van der Waals surface area contributed by atoms with Crippen molar-refractivity contribution in [3.63, 3.8) is 0 Å². The summed E-state index contributed by atoms with van der Waals surface area (Å²) < 4.78 is 2.48. The lowest BCUT2D eigenvalue weighted by atomic mass is 10.4. The number of fused-ring (bicyclic) bond motifs is 1. The number of nitrogens with one attached hydrogen (secondary N) is 1. The zero-order valence-electron chi connectivity index (χ0n) is 7.53. The average Bonchev–Trinajstić information content (AvgIpc) is 2.48. The lowest BCUT2D eigenvalue weighted by Gasteiger charge is -1.98. The van der Waals surface area contributed by atoms with Gasteiger partial charge in [0.15, 0.2) is 4.64 Å². The van der Waals surface area contributed by atoms with Gasteiger partial charge in [0.05, 0.1) is 6.33 Å². The SMILES string of the molecule is CCc1nc(=S)c2ncn(C)c2[nH]1. The number of aromatic amines is 1. The largest absolute Gasteiger partial charge is 0.328 e. The van der Waals surface area contributed by atoms with Crippen LogP contribution in [0, 0.1) is 4.64 Å². The van der Waals surface area contributed by atoms with Crippen molar-refractivity contribution in [2.75, 3.05) is 0 Å². The number of hydrogen-bond acceptors (Lipinski definition) is 3. The lowest BCUT2D eigenvalue weighted by Crippen LogP contribution is -1.96. The summed E-state index contributed by atoms with van der Waals surface area (Å²) in [6.45, 7) is 2.04. The van der Waals surface area contributed by atoms with Gasteiger partial charge in [-0.2, -0.15) is 0 Å². The van der Waals surface area contributed by atoms with Gasteiger partial charge in [-0.1, -0.05) is 19.1 Å². The summed E-state index contributed by atoms with van der Waals surface area (Å²) in [6.07, 6.45) is 2.59. The van der Waals surface area contributed by atoms with Crippen molar-refractivity contribution in [3.8, 4) is 0 Å². The van der Waals surface area contributed by atoms with Crippen molar-refractivity contribution in [1.29, 1.82) is 0 Å². The molecule has 0 atom stereocenters. The first-order valence-electron chi connectivity index (χ1n) is 4.12. The van der Waals surface area contributed by atoms with E-state index in [9.17, 15) is 0 Å². The van der Waals surface area contributed by atoms with E-state index in [4.69, 9.17) is 12.2 Å². The fourth-order valence-electron chi connectivity index (χ4n) is 1.24. The third kappa shape index (κ3) is 1.25. The maximum Gasteiger partial charge on any atom is 0.157 e. The molecule has 0 aromatic carbocycles. The van der Waals surface area contributed by atoms with Crippen LogP contribution < -0.4 is 0 Å². The second-order valence-electron chi connectivity index (χ2n) is 2.89. The Labute approximate surface area is 80.6 Å². The Morgan fingerprint density at radius 3 is 3.08 bits per heavy atom. The van der Waals surface area contributed by atoms with Crippen molar-refractivity contribution in [1.82, 2.24) is 19.5 Å². The maximum atomic E-state index is 5.11. The van der Waals surface area contributed by atoms with E-state index < -0.39 is 0 Å². The van der Waals surface area contributed by atoms with Gasteiger partial charge in [-0.15, -0.1) is 0 Å². The highest BCUT2D eigenvalue weighted by Crippen LogP contribution is 2.09. The summed E-state index contributed by atoms with van der Waals surface area (Å²) in [7, 11) is 1.93. The molecular formula is C8H10N4S. The summed E-state index contributed by atoms with van der Waals surface area (Å²) in [5, 5.41) is 0. The smallest absolute Gasteiger partial charge is 0.157 e. The van der Waals surface area contributed by atoms with E-state index in [1.165, 1.54) is 0 Å². The van der Waals surface area contributed by atoms with Crippen LogP contribution in [0.15, 0.2) is 6.33 Å². The summed E-state index contributed by atoms with van der Waals surface area (Å²) in [5.74, 6) is 0.904. The molecule has 0 amide bonds. The van der Waals surface area contributed by atoms with Gasteiger partial charge < -0.3 is 9.55 Å². The number of imidazole rings is 1. The van der Waals surface area contributed by atoms with Crippen molar-refractivity contribution >= 4 is 23.4 Å². The molecule has 0 bridgehead atoms. The molecule has 13 heavy (non-hydrogen) atoms. The molecule has 4 nitrogen and oxygen atoms in total. The molecule has 2 aromatic heterocycles. The van der Waals surface area contributed by atoms with Gasteiger partial charge in [-0.05, 0) is 0 Å². The molecule has 2 heterocycles. The van der Waals surface area contributed by atoms with E-state index >= 15 is 0 Å². The predicted octanol–water partition coefficient (Wildman–Crippen LogP) is 1.59. The Morgan fingerprint density at radius 2 is 2.38 bits per heavy atom. The first-order chi connectivity index (χ1) is 6.22. The summed E-state index contributed by atoms with van der Waals surface area (Å²) >= 11 is 5.11. The Bertz CT molecular complexity index is 496. The highest BCUT2D eigenvalue weighted by atomic mass is 32.1. The van der Waals surface area contributed by atoms with Crippen LogP contribution >= 0.6 is 12.2 Å². The molecule has 68 valence electrons. The van der Waals surface area contributed by atoms with Crippen LogP contribution in [0.1, 0.15) is 12.7 Å². The van der Waals surface area contributed by atoms with Gasteiger partial charge in [0, 0.05) is 13.5 Å². The molecule has 0 unspecified atom stereocenters. The van der Waals surface area contributed by atoms with E-state index in [2.05, 4.69) is 15.0 Å². The van der Waals surface area contributed by atoms with Crippen molar-refractivity contribution < 1.29 is 0 Å². The van der Waals surface area contributed by atoms with Crippen molar-refractivity contribution in [2.24, 2.45) is 7.05 Å². The first kappa shape index (κ1) is 8.37. The molecule has 0 aliphatic heterocycles. The van der Waals surface area contributed by atoms with Gasteiger partial charge in [-0.3, -0.25) is 0 Å². The molecule has 2 rings (SSSR count). The van der Waals surface area contributed by atoms with Crippen LogP contribution in [-0.4, -0.2) is 19.5 Å². The second-order valence-corrected chi connectivity index (χ2v) is 3.28. The molecule has 0 radical (unpaired) electrons. The van der Waals surface area contributed by atoms with Crippen LogP contribution in [0.25, 0.3) is 11.2 Å². The average molecular weight is 194 g/mol. The zero-order valence-corrected chi connectivity index (χ0v) is 8.35. The summed E-state index contributed by atoms with van der Waals surface area (Å²) in [4.78, 5) is 11.6. The van der Waals surface area contributed by atoms with Gasteiger partial charge in [0.1, 0.15) is 17.0 Å². The lowest BCUT2D eigenvalue weighted by molar-refractivity contribution is 0.896. The topological polar surface area (TPSA) is 46.5 Å².